The first-order valence-corrected chi connectivity index (χ1v) is 4.51. The third-order valence-corrected chi connectivity index (χ3v) is 2.48. The predicted octanol–water partition coefficient (Wildman–Crippen LogP) is 0.926. The minimum Gasteiger partial charge on any atom is -0.618 e. The molecule has 0 saturated heterocycles. The summed E-state index contributed by atoms with van der Waals surface area (Å²) < 4.78 is 0.687. The van der Waals surface area contributed by atoms with Crippen LogP contribution in [0.15, 0.2) is 36.7 Å². The van der Waals surface area contributed by atoms with E-state index in [1.807, 2.05) is 0 Å². The third kappa shape index (κ3) is 0.929. The number of carbonyl (C=O) groups excluding carboxylic acids is 1. The molecule has 4 nitrogen and oxygen atoms in total. The second-order valence-corrected chi connectivity index (χ2v) is 3.32. The minimum absolute atomic E-state index is 0.127. The first kappa shape index (κ1) is 8.11. The van der Waals surface area contributed by atoms with E-state index in [2.05, 4.69) is 4.98 Å². The Kier molecular flexibility index (Phi) is 1.42. The standard InChI is InChI=1S/C11H6N2O2/c14-11-7-3-1-5-12-9(7)10-8(11)4-2-6-13(10)15/h1-6H. The third-order valence-electron chi connectivity index (χ3n) is 2.48. The van der Waals surface area contributed by atoms with Crippen LogP contribution < -0.4 is 4.73 Å². The highest BCUT2D eigenvalue weighted by Gasteiger charge is 2.33. The van der Waals surface area contributed by atoms with Gasteiger partial charge in [0.15, 0.2) is 6.20 Å². The number of rotatable bonds is 0. The van der Waals surface area contributed by atoms with Gasteiger partial charge in [0.1, 0.15) is 5.69 Å². The number of carbonyl (C=O) groups is 1. The molecule has 2 aromatic rings. The maximum atomic E-state index is 11.8. The Balaban J connectivity index is 2.45. The highest BCUT2D eigenvalue weighted by atomic mass is 16.5. The van der Waals surface area contributed by atoms with E-state index in [9.17, 15) is 10.0 Å². The van der Waals surface area contributed by atoms with E-state index in [4.69, 9.17) is 0 Å². The largest absolute Gasteiger partial charge is 0.618 e. The van der Waals surface area contributed by atoms with Crippen LogP contribution in [0.25, 0.3) is 11.4 Å². The molecule has 0 atom stereocenters. The molecule has 0 aromatic carbocycles. The molecule has 2 heterocycles. The molecule has 0 radical (unpaired) electrons. The van der Waals surface area contributed by atoms with Crippen molar-refractivity contribution in [2.75, 3.05) is 0 Å². The number of hydrogen-bond donors (Lipinski definition) is 0. The molecule has 0 N–H and O–H groups in total. The summed E-state index contributed by atoms with van der Waals surface area (Å²) in [6, 6.07) is 6.59. The zero-order valence-electron chi connectivity index (χ0n) is 7.68. The van der Waals surface area contributed by atoms with E-state index in [0.29, 0.717) is 27.2 Å². The molecule has 72 valence electrons. The lowest BCUT2D eigenvalue weighted by Gasteiger charge is -2.00. The summed E-state index contributed by atoms with van der Waals surface area (Å²) in [6.45, 7) is 0. The lowest BCUT2D eigenvalue weighted by Crippen LogP contribution is -2.28. The van der Waals surface area contributed by atoms with Crippen molar-refractivity contribution in [3.05, 3.63) is 53.0 Å². The summed E-state index contributed by atoms with van der Waals surface area (Å²) in [5.74, 6) is -0.127. The lowest BCUT2D eigenvalue weighted by atomic mass is 10.1. The van der Waals surface area contributed by atoms with Gasteiger partial charge in [0.2, 0.25) is 5.78 Å². The molecular weight excluding hydrogens is 192 g/mol. The molecule has 3 rings (SSSR count). The number of nitrogens with zero attached hydrogens (tertiary/aromatic N) is 2. The smallest absolute Gasteiger partial charge is 0.254 e. The van der Waals surface area contributed by atoms with Crippen molar-refractivity contribution in [2.45, 2.75) is 0 Å². The first-order chi connectivity index (χ1) is 7.29. The van der Waals surface area contributed by atoms with Crippen molar-refractivity contribution in [2.24, 2.45) is 0 Å². The van der Waals surface area contributed by atoms with Gasteiger partial charge in [-0.05, 0) is 18.2 Å². The Morgan fingerprint density at radius 1 is 1.20 bits per heavy atom. The summed E-state index contributed by atoms with van der Waals surface area (Å²) in [6.07, 6.45) is 2.95. The van der Waals surface area contributed by atoms with E-state index in [0.717, 1.165) is 0 Å². The molecule has 0 fully saturated rings. The van der Waals surface area contributed by atoms with Gasteiger partial charge in [-0.25, -0.2) is 4.98 Å². The Bertz CT molecular complexity index is 579. The van der Waals surface area contributed by atoms with Crippen LogP contribution in [-0.4, -0.2) is 10.8 Å². The van der Waals surface area contributed by atoms with E-state index in [-0.39, 0.29) is 5.78 Å². The average molecular weight is 198 g/mol. The Hall–Kier alpha value is -2.23. The average Bonchev–Trinajstić information content (AvgIpc) is 2.55. The molecule has 0 saturated carbocycles. The van der Waals surface area contributed by atoms with E-state index >= 15 is 0 Å². The first-order valence-electron chi connectivity index (χ1n) is 4.51. The van der Waals surface area contributed by atoms with Crippen LogP contribution in [0.5, 0.6) is 0 Å². The van der Waals surface area contributed by atoms with Crippen LogP contribution in [-0.2, 0) is 0 Å². The van der Waals surface area contributed by atoms with E-state index in [1.165, 1.54) is 6.20 Å². The van der Waals surface area contributed by atoms with Gasteiger partial charge < -0.3 is 5.21 Å². The molecule has 0 amide bonds. The summed E-state index contributed by atoms with van der Waals surface area (Å²) in [5.41, 5.74) is 1.77. The van der Waals surface area contributed by atoms with Crippen molar-refractivity contribution in [1.82, 2.24) is 4.98 Å². The Labute approximate surface area is 85.4 Å². The zero-order valence-corrected chi connectivity index (χ0v) is 7.68. The topological polar surface area (TPSA) is 56.9 Å². The van der Waals surface area contributed by atoms with Gasteiger partial charge >= 0.3 is 0 Å². The van der Waals surface area contributed by atoms with Gasteiger partial charge in [-0.2, -0.15) is 4.73 Å². The van der Waals surface area contributed by atoms with E-state index < -0.39 is 0 Å². The molecule has 15 heavy (non-hydrogen) atoms. The van der Waals surface area contributed by atoms with Crippen LogP contribution in [0.1, 0.15) is 15.9 Å². The minimum atomic E-state index is -0.127. The van der Waals surface area contributed by atoms with Gasteiger partial charge in [-0.3, -0.25) is 4.79 Å². The van der Waals surface area contributed by atoms with Gasteiger partial charge in [-0.1, -0.05) is 0 Å². The van der Waals surface area contributed by atoms with Crippen LogP contribution in [0.3, 0.4) is 0 Å². The van der Waals surface area contributed by atoms with Gasteiger partial charge in [0.05, 0.1) is 11.1 Å². The monoisotopic (exact) mass is 198 g/mol. The van der Waals surface area contributed by atoms with Crippen molar-refractivity contribution in [3.63, 3.8) is 0 Å². The molecule has 0 bridgehead atoms. The highest BCUT2D eigenvalue weighted by molar-refractivity contribution is 6.19. The van der Waals surface area contributed by atoms with Crippen LogP contribution in [0.4, 0.5) is 0 Å². The fourth-order valence-electron chi connectivity index (χ4n) is 1.83. The van der Waals surface area contributed by atoms with Crippen molar-refractivity contribution in [3.8, 4) is 11.4 Å². The molecule has 1 aliphatic rings. The molecule has 1 aliphatic carbocycles. The quantitative estimate of drug-likeness (QED) is 0.398. The fourth-order valence-corrected chi connectivity index (χ4v) is 1.83. The molecule has 0 unspecified atom stereocenters. The summed E-state index contributed by atoms with van der Waals surface area (Å²) in [4.78, 5) is 15.9. The molecule has 4 heteroatoms. The second kappa shape index (κ2) is 2.63. The fraction of sp³-hybridized carbons (Fsp3) is 0. The van der Waals surface area contributed by atoms with Crippen molar-refractivity contribution in [1.29, 1.82) is 0 Å². The zero-order chi connectivity index (χ0) is 10.4. The van der Waals surface area contributed by atoms with Crippen LogP contribution in [0.2, 0.25) is 0 Å². The van der Waals surface area contributed by atoms with Crippen LogP contribution >= 0.6 is 0 Å². The van der Waals surface area contributed by atoms with Crippen LogP contribution in [0, 0.1) is 5.21 Å². The van der Waals surface area contributed by atoms with Gasteiger partial charge in [-0.15, -0.1) is 0 Å². The van der Waals surface area contributed by atoms with Crippen molar-refractivity contribution < 1.29 is 9.52 Å². The van der Waals surface area contributed by atoms with E-state index in [1.54, 1.807) is 30.5 Å². The maximum Gasteiger partial charge on any atom is 0.254 e. The maximum absolute atomic E-state index is 11.8. The number of hydrogen-bond acceptors (Lipinski definition) is 3. The second-order valence-electron chi connectivity index (χ2n) is 3.32. The van der Waals surface area contributed by atoms with Gasteiger partial charge in [0.25, 0.3) is 5.69 Å². The normalized spacial score (nSPS) is 12.4. The molecule has 0 aliphatic heterocycles. The SMILES string of the molecule is O=C1c2cccnc2-c2c1ccc[n+]2[O-]. The summed E-state index contributed by atoms with van der Waals surface area (Å²) >= 11 is 0. The lowest BCUT2D eigenvalue weighted by molar-refractivity contribution is -0.593. The number of ketones is 1. The highest BCUT2D eigenvalue weighted by Crippen LogP contribution is 2.31. The molecule has 0 spiro atoms. The number of aromatic nitrogens is 2. The number of pyridine rings is 2. The Morgan fingerprint density at radius 2 is 2.00 bits per heavy atom. The predicted molar refractivity (Wildman–Crippen MR) is 52.1 cm³/mol. The molecule has 2 aromatic heterocycles. The van der Waals surface area contributed by atoms with Gasteiger partial charge in [0, 0.05) is 12.3 Å². The summed E-state index contributed by atoms with van der Waals surface area (Å²) in [5, 5.41) is 11.5. The molecular formula is C11H6N2O2. The van der Waals surface area contributed by atoms with Crippen molar-refractivity contribution >= 4 is 5.78 Å². The number of fused-ring (bicyclic) bond motifs is 3. The summed E-state index contributed by atoms with van der Waals surface area (Å²) in [7, 11) is 0. The Morgan fingerprint density at radius 3 is 2.87 bits per heavy atom.